The number of hydrogen-bond donors (Lipinski definition) is 0. The standard InChI is InChI=1S/C10H16N2O3/c1-6(2)12-8(4)9(14)11(10(12)15)5-7(3)13/h6,8H,5H2,1-4H3. The van der Waals surface area contributed by atoms with E-state index in [0.29, 0.717) is 0 Å². The van der Waals surface area contributed by atoms with Gasteiger partial charge in [0, 0.05) is 6.04 Å². The summed E-state index contributed by atoms with van der Waals surface area (Å²) in [6, 6.07) is -0.858. The number of hydrogen-bond acceptors (Lipinski definition) is 3. The Kier molecular flexibility index (Phi) is 3.12. The lowest BCUT2D eigenvalue weighted by atomic mass is 10.2. The summed E-state index contributed by atoms with van der Waals surface area (Å²) < 4.78 is 0. The maximum Gasteiger partial charge on any atom is 0.328 e. The molecule has 84 valence electrons. The third-order valence-corrected chi connectivity index (χ3v) is 2.43. The molecule has 0 N–H and O–H groups in total. The van der Waals surface area contributed by atoms with Gasteiger partial charge in [0.15, 0.2) is 0 Å². The van der Waals surface area contributed by atoms with Crippen molar-refractivity contribution in [1.29, 1.82) is 0 Å². The van der Waals surface area contributed by atoms with Crippen LogP contribution in [0.1, 0.15) is 27.7 Å². The van der Waals surface area contributed by atoms with Gasteiger partial charge >= 0.3 is 6.03 Å². The van der Waals surface area contributed by atoms with Crippen molar-refractivity contribution >= 4 is 17.7 Å². The lowest BCUT2D eigenvalue weighted by molar-refractivity contribution is -0.131. The summed E-state index contributed by atoms with van der Waals surface area (Å²) in [5.74, 6) is -0.474. The molecule has 0 aromatic heterocycles. The SMILES string of the molecule is CC(=O)CN1C(=O)C(C)N(C(C)C)C1=O. The lowest BCUT2D eigenvalue weighted by Gasteiger charge is -2.23. The molecule has 1 aliphatic rings. The number of Topliss-reactive ketones (excluding diaryl/α,β-unsaturated/α-hetero) is 1. The second kappa shape index (κ2) is 4.00. The molecule has 3 amide bonds. The summed E-state index contributed by atoms with van der Waals surface area (Å²) in [5, 5.41) is 0. The molecule has 1 rings (SSSR count). The van der Waals surface area contributed by atoms with Gasteiger partial charge in [-0.2, -0.15) is 0 Å². The molecule has 1 atom stereocenters. The van der Waals surface area contributed by atoms with Gasteiger partial charge < -0.3 is 4.90 Å². The minimum absolute atomic E-state index is 0.0339. The smallest absolute Gasteiger partial charge is 0.310 e. The Hall–Kier alpha value is -1.39. The molecule has 0 bridgehead atoms. The maximum atomic E-state index is 11.8. The highest BCUT2D eigenvalue weighted by molar-refractivity contribution is 6.06. The molecule has 0 aromatic rings. The predicted octanol–water partition coefficient (Wildman–Crippen LogP) is 0.636. The average molecular weight is 212 g/mol. The van der Waals surface area contributed by atoms with Gasteiger partial charge in [-0.15, -0.1) is 0 Å². The van der Waals surface area contributed by atoms with Crippen molar-refractivity contribution in [3.63, 3.8) is 0 Å². The molecule has 5 nitrogen and oxygen atoms in total. The molecule has 5 heteroatoms. The predicted molar refractivity (Wildman–Crippen MR) is 54.2 cm³/mol. The molecule has 0 spiro atoms. The van der Waals surface area contributed by atoms with Gasteiger partial charge in [0.2, 0.25) is 0 Å². The Labute approximate surface area is 89.0 Å². The molecular weight excluding hydrogens is 196 g/mol. The van der Waals surface area contributed by atoms with E-state index in [-0.39, 0.29) is 30.3 Å². The van der Waals surface area contributed by atoms with Crippen molar-refractivity contribution in [3.8, 4) is 0 Å². The molecule has 0 saturated carbocycles. The largest absolute Gasteiger partial charge is 0.328 e. The second-order valence-corrected chi connectivity index (χ2v) is 4.09. The number of nitrogens with zero attached hydrogens (tertiary/aromatic N) is 2. The number of imide groups is 1. The zero-order valence-corrected chi connectivity index (χ0v) is 9.48. The molecule has 1 saturated heterocycles. The van der Waals surface area contributed by atoms with Gasteiger partial charge in [-0.05, 0) is 27.7 Å². The number of carbonyl (C=O) groups is 3. The first kappa shape index (κ1) is 11.7. The van der Waals surface area contributed by atoms with Crippen LogP contribution in [0.25, 0.3) is 0 Å². The van der Waals surface area contributed by atoms with Gasteiger partial charge in [0.1, 0.15) is 11.8 Å². The Bertz CT molecular complexity index is 312. The molecule has 1 heterocycles. The molecule has 1 unspecified atom stereocenters. The van der Waals surface area contributed by atoms with Crippen LogP contribution in [-0.2, 0) is 9.59 Å². The monoisotopic (exact) mass is 212 g/mol. The van der Waals surface area contributed by atoms with Crippen LogP contribution < -0.4 is 0 Å². The fourth-order valence-electron chi connectivity index (χ4n) is 1.78. The fraction of sp³-hybridized carbons (Fsp3) is 0.700. The van der Waals surface area contributed by atoms with Crippen LogP contribution in [0.15, 0.2) is 0 Å². The third-order valence-electron chi connectivity index (χ3n) is 2.43. The van der Waals surface area contributed by atoms with Crippen molar-refractivity contribution < 1.29 is 14.4 Å². The number of urea groups is 1. The first-order valence-electron chi connectivity index (χ1n) is 4.99. The van der Waals surface area contributed by atoms with Crippen molar-refractivity contribution in [2.24, 2.45) is 0 Å². The molecule has 0 aliphatic carbocycles. The van der Waals surface area contributed by atoms with Gasteiger partial charge in [-0.25, -0.2) is 4.79 Å². The Morgan fingerprint density at radius 1 is 1.40 bits per heavy atom. The molecule has 1 fully saturated rings. The van der Waals surface area contributed by atoms with Gasteiger partial charge in [0.25, 0.3) is 5.91 Å². The van der Waals surface area contributed by atoms with E-state index in [1.165, 1.54) is 11.8 Å². The highest BCUT2D eigenvalue weighted by atomic mass is 16.2. The molecule has 0 radical (unpaired) electrons. The fourth-order valence-corrected chi connectivity index (χ4v) is 1.78. The van der Waals surface area contributed by atoms with Crippen molar-refractivity contribution in [3.05, 3.63) is 0 Å². The van der Waals surface area contributed by atoms with Crippen LogP contribution in [0.2, 0.25) is 0 Å². The van der Waals surface area contributed by atoms with Crippen LogP contribution >= 0.6 is 0 Å². The number of amides is 3. The van der Waals surface area contributed by atoms with Crippen LogP contribution in [0.4, 0.5) is 4.79 Å². The van der Waals surface area contributed by atoms with E-state index in [2.05, 4.69) is 0 Å². The topological polar surface area (TPSA) is 57.7 Å². The van der Waals surface area contributed by atoms with Crippen LogP contribution in [0.3, 0.4) is 0 Å². The maximum absolute atomic E-state index is 11.8. The van der Waals surface area contributed by atoms with Gasteiger partial charge in [0.05, 0.1) is 6.54 Å². The molecule has 1 aliphatic heterocycles. The minimum atomic E-state index is -0.461. The van der Waals surface area contributed by atoms with Gasteiger partial charge in [-0.1, -0.05) is 0 Å². The average Bonchev–Trinajstić information content (AvgIpc) is 2.29. The second-order valence-electron chi connectivity index (χ2n) is 4.09. The first-order chi connectivity index (χ1) is 6.86. The van der Waals surface area contributed by atoms with E-state index in [0.717, 1.165) is 4.90 Å². The van der Waals surface area contributed by atoms with E-state index in [9.17, 15) is 14.4 Å². The summed E-state index contributed by atoms with van der Waals surface area (Å²) in [6.07, 6.45) is 0. The number of rotatable bonds is 3. The van der Waals surface area contributed by atoms with E-state index >= 15 is 0 Å². The minimum Gasteiger partial charge on any atom is -0.310 e. The summed E-state index contributed by atoms with van der Waals surface area (Å²) >= 11 is 0. The van der Waals surface area contributed by atoms with Crippen molar-refractivity contribution in [1.82, 2.24) is 9.80 Å². The summed E-state index contributed by atoms with van der Waals surface area (Å²) in [4.78, 5) is 36.9. The van der Waals surface area contributed by atoms with E-state index in [1.54, 1.807) is 6.92 Å². The molecular formula is C10H16N2O3. The lowest BCUT2D eigenvalue weighted by Crippen LogP contribution is -2.39. The summed E-state index contributed by atoms with van der Waals surface area (Å²) in [5.41, 5.74) is 0. The van der Waals surface area contributed by atoms with Crippen molar-refractivity contribution in [2.45, 2.75) is 39.8 Å². The number of carbonyl (C=O) groups excluding carboxylic acids is 3. The van der Waals surface area contributed by atoms with E-state index in [1.807, 2.05) is 13.8 Å². The Balaban J connectivity index is 2.90. The van der Waals surface area contributed by atoms with Crippen molar-refractivity contribution in [2.75, 3.05) is 6.54 Å². The summed E-state index contributed by atoms with van der Waals surface area (Å²) in [6.45, 7) is 6.62. The van der Waals surface area contributed by atoms with Crippen LogP contribution in [-0.4, -0.2) is 46.1 Å². The zero-order chi connectivity index (χ0) is 11.7. The quantitative estimate of drug-likeness (QED) is 0.645. The van der Waals surface area contributed by atoms with Crippen LogP contribution in [0.5, 0.6) is 0 Å². The van der Waals surface area contributed by atoms with E-state index in [4.69, 9.17) is 0 Å². The highest BCUT2D eigenvalue weighted by Crippen LogP contribution is 2.19. The Morgan fingerprint density at radius 3 is 2.27 bits per heavy atom. The van der Waals surface area contributed by atoms with Gasteiger partial charge in [-0.3, -0.25) is 14.5 Å². The summed E-state index contributed by atoms with van der Waals surface area (Å²) in [7, 11) is 0. The zero-order valence-electron chi connectivity index (χ0n) is 9.48. The van der Waals surface area contributed by atoms with E-state index < -0.39 is 6.04 Å². The van der Waals surface area contributed by atoms with Crippen LogP contribution in [0, 0.1) is 0 Å². The number of ketones is 1. The molecule has 0 aromatic carbocycles. The third kappa shape index (κ3) is 2.00. The highest BCUT2D eigenvalue weighted by Gasteiger charge is 2.43. The normalized spacial score (nSPS) is 21.8. The Morgan fingerprint density at radius 2 is 1.93 bits per heavy atom. The molecule has 15 heavy (non-hydrogen) atoms. The first-order valence-corrected chi connectivity index (χ1v) is 4.99.